The van der Waals surface area contributed by atoms with E-state index >= 15 is 0 Å². The molecule has 0 radical (unpaired) electrons. The molecular weight excluding hydrogens is 232 g/mol. The SMILES string of the molecule is O=[N+]([O-])/C(=C\c1ccccc1)CN1CCOCC1. The number of nitro groups is 1. The molecule has 0 N–H and O–H groups in total. The molecule has 1 aliphatic rings. The second-order valence-corrected chi connectivity index (χ2v) is 4.19. The number of benzene rings is 1. The zero-order chi connectivity index (χ0) is 12.8. The van der Waals surface area contributed by atoms with Crippen molar-refractivity contribution in [2.75, 3.05) is 32.8 Å². The zero-order valence-corrected chi connectivity index (χ0v) is 10.1. The Hall–Kier alpha value is -1.72. The van der Waals surface area contributed by atoms with Crippen LogP contribution in [0.2, 0.25) is 0 Å². The molecule has 1 heterocycles. The lowest BCUT2D eigenvalue weighted by Crippen LogP contribution is -2.38. The Balaban J connectivity index is 2.08. The van der Waals surface area contributed by atoms with Crippen molar-refractivity contribution >= 4 is 6.08 Å². The highest BCUT2D eigenvalue weighted by Crippen LogP contribution is 2.10. The van der Waals surface area contributed by atoms with E-state index < -0.39 is 0 Å². The Morgan fingerprint density at radius 1 is 1.33 bits per heavy atom. The van der Waals surface area contributed by atoms with Gasteiger partial charge in [-0.15, -0.1) is 0 Å². The molecule has 1 aromatic carbocycles. The Morgan fingerprint density at radius 3 is 2.61 bits per heavy atom. The lowest BCUT2D eigenvalue weighted by atomic mass is 10.2. The van der Waals surface area contributed by atoms with Crippen molar-refractivity contribution in [1.29, 1.82) is 0 Å². The lowest BCUT2D eigenvalue weighted by molar-refractivity contribution is -0.426. The van der Waals surface area contributed by atoms with Crippen LogP contribution in [0.15, 0.2) is 36.0 Å². The summed E-state index contributed by atoms with van der Waals surface area (Å²) in [5.41, 5.74) is 1.08. The number of nitrogens with zero attached hydrogens (tertiary/aromatic N) is 2. The van der Waals surface area contributed by atoms with Crippen molar-refractivity contribution in [3.8, 4) is 0 Å². The van der Waals surface area contributed by atoms with Crippen LogP contribution in [-0.4, -0.2) is 42.7 Å². The number of morpholine rings is 1. The first-order valence-electron chi connectivity index (χ1n) is 5.96. The number of ether oxygens (including phenoxy) is 1. The molecule has 0 atom stereocenters. The molecule has 1 aromatic rings. The molecule has 5 heteroatoms. The fourth-order valence-electron chi connectivity index (χ4n) is 1.89. The second kappa shape index (κ2) is 6.28. The molecule has 1 saturated heterocycles. The van der Waals surface area contributed by atoms with Gasteiger partial charge in [-0.25, -0.2) is 0 Å². The second-order valence-electron chi connectivity index (χ2n) is 4.19. The van der Waals surface area contributed by atoms with Crippen molar-refractivity contribution in [2.45, 2.75) is 0 Å². The smallest absolute Gasteiger partial charge is 0.260 e. The minimum Gasteiger partial charge on any atom is -0.379 e. The minimum absolute atomic E-state index is 0.225. The van der Waals surface area contributed by atoms with Crippen LogP contribution in [0.1, 0.15) is 5.56 Å². The summed E-state index contributed by atoms with van der Waals surface area (Å²) in [6.45, 7) is 3.16. The average Bonchev–Trinajstić information content (AvgIpc) is 2.40. The Bertz CT molecular complexity index is 425. The summed E-state index contributed by atoms with van der Waals surface area (Å²) in [4.78, 5) is 12.8. The van der Waals surface area contributed by atoms with E-state index in [0.29, 0.717) is 19.8 Å². The molecule has 0 bridgehead atoms. The molecule has 0 spiro atoms. The number of hydrogen-bond acceptors (Lipinski definition) is 4. The van der Waals surface area contributed by atoms with Crippen molar-refractivity contribution in [1.82, 2.24) is 4.90 Å². The van der Waals surface area contributed by atoms with E-state index in [1.165, 1.54) is 0 Å². The van der Waals surface area contributed by atoms with Crippen LogP contribution in [0.3, 0.4) is 0 Å². The summed E-state index contributed by atoms with van der Waals surface area (Å²) >= 11 is 0. The van der Waals surface area contributed by atoms with Gasteiger partial charge in [0.05, 0.1) is 24.7 Å². The van der Waals surface area contributed by atoms with E-state index in [2.05, 4.69) is 0 Å². The van der Waals surface area contributed by atoms with E-state index in [1.54, 1.807) is 6.08 Å². The summed E-state index contributed by atoms with van der Waals surface area (Å²) in [5, 5.41) is 11.1. The molecule has 2 rings (SSSR count). The monoisotopic (exact) mass is 248 g/mol. The number of rotatable bonds is 4. The number of hydrogen-bond donors (Lipinski definition) is 0. The Morgan fingerprint density at radius 2 is 2.00 bits per heavy atom. The third kappa shape index (κ3) is 3.65. The third-order valence-electron chi connectivity index (χ3n) is 2.86. The molecule has 5 nitrogen and oxygen atoms in total. The fourth-order valence-corrected chi connectivity index (χ4v) is 1.89. The highest BCUT2D eigenvalue weighted by molar-refractivity contribution is 5.50. The van der Waals surface area contributed by atoms with Crippen molar-refractivity contribution < 1.29 is 9.66 Å². The lowest BCUT2D eigenvalue weighted by Gasteiger charge is -2.25. The largest absolute Gasteiger partial charge is 0.379 e. The summed E-state index contributed by atoms with van der Waals surface area (Å²) in [5.74, 6) is 0. The maximum absolute atomic E-state index is 11.1. The van der Waals surface area contributed by atoms with Gasteiger partial charge in [-0.1, -0.05) is 30.3 Å². The van der Waals surface area contributed by atoms with Gasteiger partial charge in [-0.2, -0.15) is 0 Å². The van der Waals surface area contributed by atoms with Gasteiger partial charge in [0.2, 0.25) is 0 Å². The molecule has 0 aliphatic carbocycles. The Labute approximate surface area is 106 Å². The first kappa shape index (κ1) is 12.7. The van der Waals surface area contributed by atoms with Gasteiger partial charge in [0, 0.05) is 19.2 Å². The van der Waals surface area contributed by atoms with Crippen LogP contribution >= 0.6 is 0 Å². The van der Waals surface area contributed by atoms with Crippen LogP contribution in [0, 0.1) is 10.1 Å². The highest BCUT2D eigenvalue weighted by atomic mass is 16.6. The maximum atomic E-state index is 11.1. The first-order chi connectivity index (χ1) is 8.75. The molecule has 18 heavy (non-hydrogen) atoms. The van der Waals surface area contributed by atoms with Crippen LogP contribution in [0.5, 0.6) is 0 Å². The van der Waals surface area contributed by atoms with Gasteiger partial charge in [-0.05, 0) is 5.56 Å². The first-order valence-corrected chi connectivity index (χ1v) is 5.96. The Kier molecular flexibility index (Phi) is 4.44. The van der Waals surface area contributed by atoms with E-state index in [-0.39, 0.29) is 10.6 Å². The molecule has 0 amide bonds. The van der Waals surface area contributed by atoms with Gasteiger partial charge < -0.3 is 4.74 Å². The van der Waals surface area contributed by atoms with Gasteiger partial charge >= 0.3 is 0 Å². The van der Waals surface area contributed by atoms with Crippen LogP contribution in [0.25, 0.3) is 6.08 Å². The van der Waals surface area contributed by atoms with Crippen molar-refractivity contribution in [3.05, 3.63) is 51.7 Å². The normalized spacial score (nSPS) is 17.7. The molecule has 1 aliphatic heterocycles. The van der Waals surface area contributed by atoms with Crippen LogP contribution in [0.4, 0.5) is 0 Å². The zero-order valence-electron chi connectivity index (χ0n) is 10.1. The van der Waals surface area contributed by atoms with E-state index in [0.717, 1.165) is 18.7 Å². The van der Waals surface area contributed by atoms with E-state index in [9.17, 15) is 10.1 Å². The fraction of sp³-hybridized carbons (Fsp3) is 0.385. The van der Waals surface area contributed by atoms with Crippen LogP contribution in [-0.2, 0) is 4.74 Å². The van der Waals surface area contributed by atoms with Gasteiger partial charge in [0.25, 0.3) is 5.70 Å². The van der Waals surface area contributed by atoms with Crippen LogP contribution < -0.4 is 0 Å². The summed E-state index contributed by atoms with van der Waals surface area (Å²) < 4.78 is 5.23. The third-order valence-corrected chi connectivity index (χ3v) is 2.86. The molecule has 0 unspecified atom stereocenters. The van der Waals surface area contributed by atoms with Gasteiger partial charge in [0.1, 0.15) is 0 Å². The summed E-state index contributed by atoms with van der Waals surface area (Å²) in [6, 6.07) is 9.37. The quantitative estimate of drug-likeness (QED) is 0.600. The predicted octanol–water partition coefficient (Wildman–Crippen LogP) is 1.64. The standard InChI is InChI=1S/C13H16N2O3/c16-15(17)13(10-12-4-2-1-3-5-12)11-14-6-8-18-9-7-14/h1-5,10H,6-9,11H2/b13-10-. The van der Waals surface area contributed by atoms with E-state index in [4.69, 9.17) is 4.74 Å². The highest BCUT2D eigenvalue weighted by Gasteiger charge is 2.18. The van der Waals surface area contributed by atoms with E-state index in [1.807, 2.05) is 35.2 Å². The summed E-state index contributed by atoms with van der Waals surface area (Å²) in [7, 11) is 0. The van der Waals surface area contributed by atoms with Gasteiger partial charge in [0.15, 0.2) is 0 Å². The average molecular weight is 248 g/mol. The molecular formula is C13H16N2O3. The molecule has 0 saturated carbocycles. The minimum atomic E-state index is -0.303. The summed E-state index contributed by atoms with van der Waals surface area (Å²) in [6.07, 6.45) is 1.63. The molecule has 0 aromatic heterocycles. The topological polar surface area (TPSA) is 55.6 Å². The predicted molar refractivity (Wildman–Crippen MR) is 68.7 cm³/mol. The molecule has 96 valence electrons. The van der Waals surface area contributed by atoms with Crippen molar-refractivity contribution in [2.24, 2.45) is 0 Å². The van der Waals surface area contributed by atoms with Gasteiger partial charge in [-0.3, -0.25) is 15.0 Å². The molecule has 1 fully saturated rings. The maximum Gasteiger partial charge on any atom is 0.260 e. The van der Waals surface area contributed by atoms with Crippen molar-refractivity contribution in [3.63, 3.8) is 0 Å².